The van der Waals surface area contributed by atoms with Gasteiger partial charge in [-0.05, 0) is 19.9 Å². The molecule has 1 saturated heterocycles. The molecule has 140 valence electrons. The van der Waals surface area contributed by atoms with Gasteiger partial charge in [-0.15, -0.1) is 11.3 Å². The number of alkyl halides is 3. The van der Waals surface area contributed by atoms with Gasteiger partial charge in [-0.2, -0.15) is 13.2 Å². The number of nitrogens with one attached hydrogen (secondary N) is 1. The molecule has 0 spiro atoms. The topological polar surface area (TPSA) is 75.4 Å². The molecule has 1 aliphatic rings. The molecule has 6 nitrogen and oxygen atoms in total. The standard InChI is InChI=1S/C16H16F3N3O3S/c1-8-3-11(9(2)25-8)12-6-26-15(20-12)21-14(24)10-4-13(23)22(5-10)7-16(17,18)19/h3,6,10H,4-5,7H2,1-2H3,(H,20,21,24). The van der Waals surface area contributed by atoms with E-state index in [2.05, 4.69) is 10.3 Å². The number of rotatable bonds is 4. The predicted octanol–water partition coefficient (Wildman–Crippen LogP) is 3.37. The summed E-state index contributed by atoms with van der Waals surface area (Å²) < 4.78 is 42.8. The Kier molecular flexibility index (Phi) is 4.78. The summed E-state index contributed by atoms with van der Waals surface area (Å²) in [7, 11) is 0. The Bertz CT molecular complexity index is 843. The van der Waals surface area contributed by atoms with E-state index < -0.39 is 30.5 Å². The molecule has 26 heavy (non-hydrogen) atoms. The summed E-state index contributed by atoms with van der Waals surface area (Å²) in [4.78, 5) is 28.9. The zero-order valence-corrected chi connectivity index (χ0v) is 14.8. The molecule has 3 rings (SSSR count). The van der Waals surface area contributed by atoms with Gasteiger partial charge in [0.25, 0.3) is 0 Å². The van der Waals surface area contributed by atoms with Crippen molar-refractivity contribution in [3.8, 4) is 11.3 Å². The average Bonchev–Trinajstić information content (AvgIpc) is 3.18. The number of hydrogen-bond acceptors (Lipinski definition) is 5. The van der Waals surface area contributed by atoms with Crippen LogP contribution in [0.4, 0.5) is 18.3 Å². The number of hydrogen-bond donors (Lipinski definition) is 1. The zero-order chi connectivity index (χ0) is 19.1. The van der Waals surface area contributed by atoms with E-state index in [0.29, 0.717) is 21.5 Å². The number of furan rings is 1. The lowest BCUT2D eigenvalue weighted by Gasteiger charge is -2.18. The van der Waals surface area contributed by atoms with E-state index in [1.807, 2.05) is 13.0 Å². The lowest BCUT2D eigenvalue weighted by molar-refractivity contribution is -0.157. The van der Waals surface area contributed by atoms with Gasteiger partial charge in [-0.1, -0.05) is 0 Å². The molecule has 2 aromatic heterocycles. The van der Waals surface area contributed by atoms with E-state index in [1.54, 1.807) is 12.3 Å². The van der Waals surface area contributed by atoms with Crippen LogP contribution in [0.1, 0.15) is 17.9 Å². The monoisotopic (exact) mass is 387 g/mol. The van der Waals surface area contributed by atoms with Gasteiger partial charge in [0.1, 0.15) is 18.1 Å². The van der Waals surface area contributed by atoms with E-state index in [4.69, 9.17) is 4.42 Å². The van der Waals surface area contributed by atoms with Gasteiger partial charge in [0.05, 0.1) is 11.6 Å². The fraction of sp³-hybridized carbons (Fsp3) is 0.438. The third-order valence-electron chi connectivity index (χ3n) is 4.01. The summed E-state index contributed by atoms with van der Waals surface area (Å²) in [6, 6.07) is 1.83. The van der Waals surface area contributed by atoms with Gasteiger partial charge < -0.3 is 14.6 Å². The van der Waals surface area contributed by atoms with Crippen LogP contribution in [-0.4, -0.2) is 41.0 Å². The molecule has 0 saturated carbocycles. The van der Waals surface area contributed by atoms with Crippen LogP contribution in [0.3, 0.4) is 0 Å². The molecule has 0 radical (unpaired) electrons. The van der Waals surface area contributed by atoms with Crippen LogP contribution >= 0.6 is 11.3 Å². The summed E-state index contributed by atoms with van der Waals surface area (Å²) in [5, 5.41) is 4.66. The van der Waals surface area contributed by atoms with Crippen molar-refractivity contribution >= 4 is 28.3 Å². The molecule has 2 amide bonds. The zero-order valence-electron chi connectivity index (χ0n) is 14.0. The van der Waals surface area contributed by atoms with Gasteiger partial charge in [-0.25, -0.2) is 4.98 Å². The summed E-state index contributed by atoms with van der Waals surface area (Å²) in [6.07, 6.45) is -4.72. The van der Waals surface area contributed by atoms with Crippen molar-refractivity contribution in [1.29, 1.82) is 0 Å². The largest absolute Gasteiger partial charge is 0.466 e. The second-order valence-electron chi connectivity index (χ2n) is 6.14. The van der Waals surface area contributed by atoms with Crippen molar-refractivity contribution in [3.05, 3.63) is 23.0 Å². The van der Waals surface area contributed by atoms with Crippen molar-refractivity contribution in [1.82, 2.24) is 9.88 Å². The minimum atomic E-state index is -4.48. The molecule has 0 aliphatic carbocycles. The Hall–Kier alpha value is -2.36. The molecule has 10 heteroatoms. The van der Waals surface area contributed by atoms with Crippen molar-refractivity contribution in [2.45, 2.75) is 26.4 Å². The van der Waals surface area contributed by atoms with E-state index in [-0.39, 0.29) is 13.0 Å². The highest BCUT2D eigenvalue weighted by Crippen LogP contribution is 2.30. The summed E-state index contributed by atoms with van der Waals surface area (Å²) in [6.45, 7) is 2.03. The number of aryl methyl sites for hydroxylation is 2. The van der Waals surface area contributed by atoms with E-state index in [1.165, 1.54) is 11.3 Å². The molecule has 0 bridgehead atoms. The fourth-order valence-electron chi connectivity index (χ4n) is 2.86. The van der Waals surface area contributed by atoms with Gasteiger partial charge in [0, 0.05) is 23.9 Å². The second kappa shape index (κ2) is 6.75. The second-order valence-corrected chi connectivity index (χ2v) is 7.00. The number of thiazole rings is 1. The average molecular weight is 387 g/mol. The van der Waals surface area contributed by atoms with Crippen molar-refractivity contribution in [3.63, 3.8) is 0 Å². The maximum atomic E-state index is 12.4. The summed E-state index contributed by atoms with van der Waals surface area (Å²) >= 11 is 1.20. The number of anilines is 1. The molecular formula is C16H16F3N3O3S. The van der Waals surface area contributed by atoms with Crippen molar-refractivity contribution < 1.29 is 27.2 Å². The number of nitrogens with zero attached hydrogens (tertiary/aromatic N) is 2. The van der Waals surface area contributed by atoms with Crippen molar-refractivity contribution in [2.24, 2.45) is 5.92 Å². The van der Waals surface area contributed by atoms with E-state index >= 15 is 0 Å². The van der Waals surface area contributed by atoms with Crippen LogP contribution in [0.5, 0.6) is 0 Å². The minimum absolute atomic E-state index is 0.236. The third kappa shape index (κ3) is 4.06. The highest BCUT2D eigenvalue weighted by molar-refractivity contribution is 7.14. The quantitative estimate of drug-likeness (QED) is 0.873. The first-order valence-electron chi connectivity index (χ1n) is 7.80. The van der Waals surface area contributed by atoms with Crippen LogP contribution in [0.25, 0.3) is 11.3 Å². The number of aromatic nitrogens is 1. The summed E-state index contributed by atoms with van der Waals surface area (Å²) in [5.41, 5.74) is 1.45. The molecule has 1 fully saturated rings. The summed E-state index contributed by atoms with van der Waals surface area (Å²) in [5.74, 6) is -0.564. The third-order valence-corrected chi connectivity index (χ3v) is 4.76. The number of carbonyl (C=O) groups excluding carboxylic acids is 2. The Morgan fingerprint density at radius 1 is 1.46 bits per heavy atom. The highest BCUT2D eigenvalue weighted by atomic mass is 32.1. The molecule has 2 aromatic rings. The molecular weight excluding hydrogens is 371 g/mol. The molecule has 1 atom stereocenters. The first kappa shape index (κ1) is 18.4. The van der Waals surface area contributed by atoms with E-state index in [0.717, 1.165) is 11.3 Å². The lowest BCUT2D eigenvalue weighted by Crippen LogP contribution is -2.36. The van der Waals surface area contributed by atoms with Crippen LogP contribution in [0.2, 0.25) is 0 Å². The fourth-order valence-corrected chi connectivity index (χ4v) is 3.58. The van der Waals surface area contributed by atoms with Gasteiger partial charge in [0.15, 0.2) is 5.13 Å². The molecule has 1 N–H and O–H groups in total. The maximum absolute atomic E-state index is 12.4. The molecule has 1 unspecified atom stereocenters. The van der Waals surface area contributed by atoms with Gasteiger partial charge in [-0.3, -0.25) is 9.59 Å². The Morgan fingerprint density at radius 3 is 2.81 bits per heavy atom. The normalized spacial score (nSPS) is 17.8. The Morgan fingerprint density at radius 2 is 2.19 bits per heavy atom. The molecule has 3 heterocycles. The number of halogens is 3. The highest BCUT2D eigenvalue weighted by Gasteiger charge is 2.40. The Labute approximate surface area is 151 Å². The number of carbonyl (C=O) groups is 2. The predicted molar refractivity (Wildman–Crippen MR) is 88.7 cm³/mol. The first-order valence-corrected chi connectivity index (χ1v) is 8.68. The number of likely N-dealkylation sites (tertiary alicyclic amines) is 1. The van der Waals surface area contributed by atoms with Crippen molar-refractivity contribution in [2.75, 3.05) is 18.4 Å². The lowest BCUT2D eigenvalue weighted by atomic mass is 10.1. The SMILES string of the molecule is Cc1cc(-c2csc(NC(=O)C3CC(=O)N(CC(F)(F)F)C3)n2)c(C)o1. The molecule has 1 aliphatic heterocycles. The number of amides is 2. The maximum Gasteiger partial charge on any atom is 0.406 e. The smallest absolute Gasteiger partial charge is 0.406 e. The van der Waals surface area contributed by atoms with Crippen LogP contribution < -0.4 is 5.32 Å². The Balaban J connectivity index is 1.64. The van der Waals surface area contributed by atoms with Gasteiger partial charge >= 0.3 is 6.18 Å². The molecule has 0 aromatic carbocycles. The first-order chi connectivity index (χ1) is 12.1. The van der Waals surface area contributed by atoms with Crippen LogP contribution in [0, 0.1) is 19.8 Å². The minimum Gasteiger partial charge on any atom is -0.466 e. The van der Waals surface area contributed by atoms with Crippen LogP contribution in [-0.2, 0) is 9.59 Å². The van der Waals surface area contributed by atoms with E-state index in [9.17, 15) is 22.8 Å². The van der Waals surface area contributed by atoms with Gasteiger partial charge in [0.2, 0.25) is 11.8 Å². The van der Waals surface area contributed by atoms with Crippen LogP contribution in [0.15, 0.2) is 15.9 Å².